The van der Waals surface area contributed by atoms with Crippen molar-refractivity contribution in [1.29, 1.82) is 0 Å². The van der Waals surface area contributed by atoms with Crippen molar-refractivity contribution in [2.45, 2.75) is 20.4 Å². The van der Waals surface area contributed by atoms with Gasteiger partial charge in [-0.15, -0.1) is 0 Å². The van der Waals surface area contributed by atoms with Crippen molar-refractivity contribution < 1.29 is 4.52 Å². The monoisotopic (exact) mass is 154 g/mol. The smallest absolute Gasteiger partial charge is 0.150 e. The third-order valence-corrected chi connectivity index (χ3v) is 1.34. The van der Waals surface area contributed by atoms with Gasteiger partial charge in [0.15, 0.2) is 0 Å². The molecule has 1 heterocycles. The molecule has 0 bridgehead atoms. The van der Waals surface area contributed by atoms with Crippen molar-refractivity contribution in [3.63, 3.8) is 0 Å². The van der Waals surface area contributed by atoms with E-state index in [1.54, 1.807) is 6.20 Å². The van der Waals surface area contributed by atoms with Crippen LogP contribution < -0.4 is 5.32 Å². The summed E-state index contributed by atoms with van der Waals surface area (Å²) in [5.41, 5.74) is 0. The fourth-order valence-electron chi connectivity index (χ4n) is 0.817. The van der Waals surface area contributed by atoms with E-state index in [9.17, 15) is 0 Å². The molecule has 0 fully saturated rings. The van der Waals surface area contributed by atoms with Gasteiger partial charge in [-0.25, -0.2) is 0 Å². The van der Waals surface area contributed by atoms with E-state index in [2.05, 4.69) is 24.3 Å². The van der Waals surface area contributed by atoms with Crippen molar-refractivity contribution in [2.75, 3.05) is 6.54 Å². The van der Waals surface area contributed by atoms with E-state index in [-0.39, 0.29) is 0 Å². The normalized spacial score (nSPS) is 10.8. The van der Waals surface area contributed by atoms with E-state index in [0.29, 0.717) is 5.92 Å². The number of nitrogens with zero attached hydrogens (tertiary/aromatic N) is 1. The lowest BCUT2D eigenvalue weighted by molar-refractivity contribution is 0.369. The number of hydrogen-bond donors (Lipinski definition) is 1. The highest BCUT2D eigenvalue weighted by molar-refractivity contribution is 4.91. The number of rotatable bonds is 4. The highest BCUT2D eigenvalue weighted by Crippen LogP contribution is 1.95. The van der Waals surface area contributed by atoms with Gasteiger partial charge in [0.2, 0.25) is 0 Å². The van der Waals surface area contributed by atoms with Gasteiger partial charge in [0.1, 0.15) is 5.76 Å². The molecule has 0 amide bonds. The average molecular weight is 154 g/mol. The van der Waals surface area contributed by atoms with Crippen LogP contribution in [0.1, 0.15) is 19.6 Å². The summed E-state index contributed by atoms with van der Waals surface area (Å²) in [5, 5.41) is 6.86. The largest absolute Gasteiger partial charge is 0.360 e. The van der Waals surface area contributed by atoms with Crippen LogP contribution in [0.5, 0.6) is 0 Å². The first-order valence-electron chi connectivity index (χ1n) is 3.89. The quantitative estimate of drug-likeness (QED) is 0.712. The fourth-order valence-corrected chi connectivity index (χ4v) is 0.817. The minimum atomic E-state index is 0.679. The molecule has 0 aromatic carbocycles. The number of aromatic nitrogens is 1. The van der Waals surface area contributed by atoms with E-state index >= 15 is 0 Å². The predicted octanol–water partition coefficient (Wildman–Crippen LogP) is 1.42. The highest BCUT2D eigenvalue weighted by Gasteiger charge is 1.96. The van der Waals surface area contributed by atoms with E-state index in [4.69, 9.17) is 4.52 Å². The summed E-state index contributed by atoms with van der Waals surface area (Å²) in [6.07, 6.45) is 1.66. The first-order valence-corrected chi connectivity index (χ1v) is 3.89. The summed E-state index contributed by atoms with van der Waals surface area (Å²) in [6.45, 7) is 6.14. The van der Waals surface area contributed by atoms with Crippen molar-refractivity contribution >= 4 is 0 Å². The topological polar surface area (TPSA) is 38.1 Å². The minimum Gasteiger partial charge on any atom is -0.360 e. The Morgan fingerprint density at radius 1 is 1.64 bits per heavy atom. The Morgan fingerprint density at radius 2 is 2.45 bits per heavy atom. The second-order valence-corrected chi connectivity index (χ2v) is 3.00. The van der Waals surface area contributed by atoms with E-state index in [1.807, 2.05) is 6.07 Å². The van der Waals surface area contributed by atoms with Crippen LogP contribution in [0.25, 0.3) is 0 Å². The van der Waals surface area contributed by atoms with Crippen molar-refractivity contribution in [1.82, 2.24) is 10.5 Å². The molecule has 0 radical (unpaired) electrons. The van der Waals surface area contributed by atoms with Crippen molar-refractivity contribution in [3.8, 4) is 0 Å². The van der Waals surface area contributed by atoms with Crippen LogP contribution in [0.3, 0.4) is 0 Å². The summed E-state index contributed by atoms with van der Waals surface area (Å²) in [5.74, 6) is 1.57. The van der Waals surface area contributed by atoms with Gasteiger partial charge in [-0.05, 0) is 12.5 Å². The van der Waals surface area contributed by atoms with Gasteiger partial charge in [0.25, 0.3) is 0 Å². The Bertz CT molecular complexity index is 182. The standard InChI is InChI=1S/C8H14N2O/c1-7(2)5-9-6-8-3-4-10-11-8/h3-4,7,9H,5-6H2,1-2H3. The lowest BCUT2D eigenvalue weighted by atomic mass is 10.2. The molecule has 3 heteroatoms. The van der Waals surface area contributed by atoms with Gasteiger partial charge in [-0.3, -0.25) is 0 Å². The van der Waals surface area contributed by atoms with Gasteiger partial charge < -0.3 is 9.84 Å². The molecule has 0 saturated carbocycles. The van der Waals surface area contributed by atoms with Gasteiger partial charge in [-0.2, -0.15) is 0 Å². The lowest BCUT2D eigenvalue weighted by Gasteiger charge is -2.03. The molecule has 62 valence electrons. The molecular weight excluding hydrogens is 140 g/mol. The Kier molecular flexibility index (Phi) is 3.11. The molecule has 11 heavy (non-hydrogen) atoms. The van der Waals surface area contributed by atoms with Crippen LogP contribution in [0.15, 0.2) is 16.8 Å². The predicted molar refractivity (Wildman–Crippen MR) is 43.0 cm³/mol. The van der Waals surface area contributed by atoms with Gasteiger partial charge in [-0.1, -0.05) is 19.0 Å². The molecule has 0 aliphatic heterocycles. The minimum absolute atomic E-state index is 0.679. The molecule has 0 saturated heterocycles. The summed E-state index contributed by atoms with van der Waals surface area (Å²) in [4.78, 5) is 0. The van der Waals surface area contributed by atoms with E-state index < -0.39 is 0 Å². The molecule has 0 aliphatic carbocycles. The van der Waals surface area contributed by atoms with Crippen LogP contribution in [0.4, 0.5) is 0 Å². The molecule has 0 unspecified atom stereocenters. The van der Waals surface area contributed by atoms with E-state index in [0.717, 1.165) is 18.8 Å². The third-order valence-electron chi connectivity index (χ3n) is 1.34. The van der Waals surface area contributed by atoms with Crippen LogP contribution in [-0.4, -0.2) is 11.7 Å². The zero-order chi connectivity index (χ0) is 8.10. The maximum atomic E-state index is 4.90. The third kappa shape index (κ3) is 3.18. The Hall–Kier alpha value is -0.830. The van der Waals surface area contributed by atoms with Crippen molar-refractivity contribution in [3.05, 3.63) is 18.0 Å². The average Bonchev–Trinajstić information content (AvgIpc) is 2.39. The molecule has 0 atom stereocenters. The van der Waals surface area contributed by atoms with Gasteiger partial charge in [0.05, 0.1) is 12.7 Å². The first kappa shape index (κ1) is 8.27. The molecule has 1 rings (SSSR count). The summed E-state index contributed by atoms with van der Waals surface area (Å²) >= 11 is 0. The Morgan fingerprint density at radius 3 is 3.00 bits per heavy atom. The molecule has 3 nitrogen and oxygen atoms in total. The summed E-state index contributed by atoms with van der Waals surface area (Å²) in [6, 6.07) is 1.87. The second-order valence-electron chi connectivity index (χ2n) is 3.00. The molecule has 0 aliphatic rings. The fraction of sp³-hybridized carbons (Fsp3) is 0.625. The van der Waals surface area contributed by atoms with Crippen molar-refractivity contribution in [2.24, 2.45) is 5.92 Å². The Labute approximate surface area is 66.8 Å². The molecule has 0 spiro atoms. The number of nitrogens with one attached hydrogen (secondary N) is 1. The van der Waals surface area contributed by atoms with E-state index in [1.165, 1.54) is 0 Å². The van der Waals surface area contributed by atoms with Crippen LogP contribution >= 0.6 is 0 Å². The maximum absolute atomic E-state index is 4.90. The Balaban J connectivity index is 2.14. The number of hydrogen-bond acceptors (Lipinski definition) is 3. The molecule has 1 aromatic heterocycles. The highest BCUT2D eigenvalue weighted by atomic mass is 16.5. The maximum Gasteiger partial charge on any atom is 0.150 e. The lowest BCUT2D eigenvalue weighted by Crippen LogP contribution is -2.18. The molecule has 1 aromatic rings. The summed E-state index contributed by atoms with van der Waals surface area (Å²) < 4.78 is 4.90. The van der Waals surface area contributed by atoms with Crippen LogP contribution in [0.2, 0.25) is 0 Å². The second kappa shape index (κ2) is 4.13. The van der Waals surface area contributed by atoms with Crippen LogP contribution in [-0.2, 0) is 6.54 Å². The zero-order valence-electron chi connectivity index (χ0n) is 7.00. The zero-order valence-corrected chi connectivity index (χ0v) is 7.00. The molecule has 1 N–H and O–H groups in total. The molecular formula is C8H14N2O. The summed E-state index contributed by atoms with van der Waals surface area (Å²) in [7, 11) is 0. The first-order chi connectivity index (χ1) is 5.29. The van der Waals surface area contributed by atoms with Gasteiger partial charge >= 0.3 is 0 Å². The van der Waals surface area contributed by atoms with Crippen LogP contribution in [0, 0.1) is 5.92 Å². The SMILES string of the molecule is CC(C)CNCc1ccno1. The van der Waals surface area contributed by atoms with Gasteiger partial charge in [0, 0.05) is 6.07 Å².